The molecule has 2 aromatic rings. The van der Waals surface area contributed by atoms with Crippen molar-refractivity contribution >= 4 is 73.5 Å². The van der Waals surface area contributed by atoms with Gasteiger partial charge in [0.1, 0.15) is 5.75 Å². The molecule has 0 aliphatic carbocycles. The normalized spacial score (nSPS) is 15.2. The fourth-order valence-corrected chi connectivity index (χ4v) is 4.87. The number of hydrogen-bond donors (Lipinski definition) is 0. The van der Waals surface area contributed by atoms with Crippen molar-refractivity contribution < 1.29 is 19.0 Å². The van der Waals surface area contributed by atoms with Crippen molar-refractivity contribution in [1.82, 2.24) is 0 Å². The van der Waals surface area contributed by atoms with Crippen molar-refractivity contribution in [1.29, 1.82) is 0 Å². The van der Waals surface area contributed by atoms with E-state index in [0.29, 0.717) is 43.8 Å². The minimum atomic E-state index is -0.217. The van der Waals surface area contributed by atoms with E-state index in [1.807, 2.05) is 19.1 Å². The van der Waals surface area contributed by atoms with E-state index in [-0.39, 0.29) is 5.91 Å². The standard InChI is InChI=1S/C20H17BrClNO4S2/c1-4-27-18-13(21)7-11(8-16(18)26-3)9-17-19(24)23(20(28)29-17)12-5-6-15(25-2)14(22)10-12/h5-10H,4H2,1-3H3/b17-9+. The van der Waals surface area contributed by atoms with E-state index >= 15 is 0 Å². The summed E-state index contributed by atoms with van der Waals surface area (Å²) in [5.41, 5.74) is 1.37. The van der Waals surface area contributed by atoms with Gasteiger partial charge in [0.25, 0.3) is 5.91 Å². The molecule has 3 rings (SSSR count). The zero-order valence-corrected chi connectivity index (χ0v) is 19.8. The molecule has 9 heteroatoms. The van der Waals surface area contributed by atoms with Crippen molar-refractivity contribution in [3.05, 3.63) is 50.3 Å². The number of carbonyl (C=O) groups is 1. The van der Waals surface area contributed by atoms with Crippen molar-refractivity contribution in [2.45, 2.75) is 6.92 Å². The van der Waals surface area contributed by atoms with Crippen LogP contribution < -0.4 is 19.1 Å². The predicted molar refractivity (Wildman–Crippen MR) is 126 cm³/mol. The van der Waals surface area contributed by atoms with Gasteiger partial charge in [0.2, 0.25) is 0 Å². The highest BCUT2D eigenvalue weighted by Crippen LogP contribution is 2.41. The van der Waals surface area contributed by atoms with Crippen LogP contribution in [0.5, 0.6) is 17.2 Å². The first-order valence-electron chi connectivity index (χ1n) is 8.51. The van der Waals surface area contributed by atoms with E-state index in [0.717, 1.165) is 10.0 Å². The summed E-state index contributed by atoms with van der Waals surface area (Å²) in [6.07, 6.45) is 1.77. The van der Waals surface area contributed by atoms with Crippen LogP contribution >= 0.6 is 51.5 Å². The molecule has 2 aromatic carbocycles. The third-order valence-electron chi connectivity index (χ3n) is 4.03. The Kier molecular flexibility index (Phi) is 7.10. The topological polar surface area (TPSA) is 48.0 Å². The van der Waals surface area contributed by atoms with Crippen molar-refractivity contribution in [2.75, 3.05) is 25.7 Å². The maximum absolute atomic E-state index is 13.0. The quantitative estimate of drug-likeness (QED) is 0.352. The summed E-state index contributed by atoms with van der Waals surface area (Å²) in [4.78, 5) is 15.0. The van der Waals surface area contributed by atoms with E-state index in [1.54, 1.807) is 31.4 Å². The molecule has 0 radical (unpaired) electrons. The van der Waals surface area contributed by atoms with Gasteiger partial charge < -0.3 is 14.2 Å². The van der Waals surface area contributed by atoms with E-state index in [1.165, 1.54) is 23.8 Å². The lowest BCUT2D eigenvalue weighted by atomic mass is 10.1. The van der Waals surface area contributed by atoms with Gasteiger partial charge in [-0.1, -0.05) is 35.6 Å². The first-order valence-corrected chi connectivity index (χ1v) is 10.9. The van der Waals surface area contributed by atoms with Gasteiger partial charge >= 0.3 is 0 Å². The summed E-state index contributed by atoms with van der Waals surface area (Å²) in [6, 6.07) is 8.78. The third kappa shape index (κ3) is 4.55. The molecule has 1 aliphatic heterocycles. The lowest BCUT2D eigenvalue weighted by molar-refractivity contribution is -0.113. The molecule has 1 aliphatic rings. The zero-order chi connectivity index (χ0) is 21.1. The maximum Gasteiger partial charge on any atom is 0.270 e. The molecule has 1 heterocycles. The zero-order valence-electron chi connectivity index (χ0n) is 15.8. The van der Waals surface area contributed by atoms with Gasteiger partial charge in [0, 0.05) is 0 Å². The number of benzene rings is 2. The van der Waals surface area contributed by atoms with Crippen LogP contribution in [0.15, 0.2) is 39.7 Å². The second-order valence-electron chi connectivity index (χ2n) is 5.80. The van der Waals surface area contributed by atoms with Gasteiger partial charge in [0.15, 0.2) is 15.8 Å². The fraction of sp³-hybridized carbons (Fsp3) is 0.200. The van der Waals surface area contributed by atoms with E-state index < -0.39 is 0 Å². The average molecular weight is 515 g/mol. The molecule has 0 atom stereocenters. The molecular formula is C20H17BrClNO4S2. The maximum atomic E-state index is 13.0. The Morgan fingerprint density at radius 3 is 2.55 bits per heavy atom. The predicted octanol–water partition coefficient (Wildman–Crippen LogP) is 5.92. The van der Waals surface area contributed by atoms with Crippen molar-refractivity contribution in [2.24, 2.45) is 0 Å². The number of ether oxygens (including phenoxy) is 3. The first-order chi connectivity index (χ1) is 13.9. The molecule has 1 fully saturated rings. The lowest BCUT2D eigenvalue weighted by Crippen LogP contribution is -2.27. The van der Waals surface area contributed by atoms with Gasteiger partial charge in [-0.05, 0) is 64.8 Å². The second-order valence-corrected chi connectivity index (χ2v) is 8.74. The number of methoxy groups -OCH3 is 2. The Labute approximate surface area is 192 Å². The van der Waals surface area contributed by atoms with Gasteiger partial charge in [-0.3, -0.25) is 9.69 Å². The summed E-state index contributed by atoms with van der Waals surface area (Å²) >= 11 is 16.4. The minimum Gasteiger partial charge on any atom is -0.495 e. The lowest BCUT2D eigenvalue weighted by Gasteiger charge is -2.15. The smallest absolute Gasteiger partial charge is 0.270 e. The van der Waals surface area contributed by atoms with E-state index in [4.69, 9.17) is 38.0 Å². The van der Waals surface area contributed by atoms with Crippen LogP contribution in [0.4, 0.5) is 5.69 Å². The van der Waals surface area contributed by atoms with Gasteiger partial charge in [-0.15, -0.1) is 0 Å². The number of halogens is 2. The number of anilines is 1. The minimum absolute atomic E-state index is 0.217. The first kappa shape index (κ1) is 22.0. The summed E-state index contributed by atoms with van der Waals surface area (Å²) in [7, 11) is 3.10. The molecule has 29 heavy (non-hydrogen) atoms. The van der Waals surface area contributed by atoms with Crippen LogP contribution in [0.3, 0.4) is 0 Å². The monoisotopic (exact) mass is 513 g/mol. The van der Waals surface area contributed by atoms with Crippen LogP contribution in [-0.4, -0.2) is 31.1 Å². The Morgan fingerprint density at radius 2 is 1.93 bits per heavy atom. The van der Waals surface area contributed by atoms with E-state index in [2.05, 4.69) is 15.9 Å². The van der Waals surface area contributed by atoms with Crippen LogP contribution in [-0.2, 0) is 4.79 Å². The SMILES string of the molecule is CCOc1c(Br)cc(/C=C2/SC(=S)N(c3ccc(OC)c(Cl)c3)C2=O)cc1OC. The second kappa shape index (κ2) is 9.38. The van der Waals surface area contributed by atoms with Crippen LogP contribution in [0.25, 0.3) is 6.08 Å². The van der Waals surface area contributed by atoms with Gasteiger partial charge in [-0.2, -0.15) is 0 Å². The van der Waals surface area contributed by atoms with E-state index in [9.17, 15) is 4.79 Å². The number of thiocarbonyl (C=S) groups is 1. The number of nitrogens with zero attached hydrogens (tertiary/aromatic N) is 1. The highest BCUT2D eigenvalue weighted by Gasteiger charge is 2.33. The molecule has 0 N–H and O–H groups in total. The summed E-state index contributed by atoms with van der Waals surface area (Å²) in [5, 5.41) is 0.406. The molecule has 0 bridgehead atoms. The summed E-state index contributed by atoms with van der Waals surface area (Å²) < 4.78 is 17.4. The molecule has 5 nitrogen and oxygen atoms in total. The van der Waals surface area contributed by atoms with Gasteiger partial charge in [-0.25, -0.2) is 0 Å². The molecule has 1 saturated heterocycles. The molecular weight excluding hydrogens is 498 g/mol. The highest BCUT2D eigenvalue weighted by atomic mass is 79.9. The Hall–Kier alpha value is -1.74. The van der Waals surface area contributed by atoms with Crippen LogP contribution in [0, 0.1) is 0 Å². The Bertz CT molecular complexity index is 1010. The molecule has 1 amide bonds. The molecule has 0 saturated carbocycles. The van der Waals surface area contributed by atoms with Crippen molar-refractivity contribution in [3.63, 3.8) is 0 Å². The number of amides is 1. The number of rotatable bonds is 6. The highest BCUT2D eigenvalue weighted by molar-refractivity contribution is 9.10. The number of thioether (sulfide) groups is 1. The molecule has 0 spiro atoms. The Balaban J connectivity index is 1.94. The number of hydrogen-bond acceptors (Lipinski definition) is 6. The number of carbonyl (C=O) groups excluding carboxylic acids is 1. The fourth-order valence-electron chi connectivity index (χ4n) is 2.74. The summed E-state index contributed by atoms with van der Waals surface area (Å²) in [5.74, 6) is 1.51. The average Bonchev–Trinajstić information content (AvgIpc) is 2.96. The van der Waals surface area contributed by atoms with Gasteiger partial charge in [0.05, 0.1) is 40.9 Å². The molecule has 0 unspecified atom stereocenters. The molecule has 0 aromatic heterocycles. The van der Waals surface area contributed by atoms with Crippen LogP contribution in [0.2, 0.25) is 5.02 Å². The van der Waals surface area contributed by atoms with Crippen molar-refractivity contribution in [3.8, 4) is 17.2 Å². The third-order valence-corrected chi connectivity index (χ3v) is 6.21. The van der Waals surface area contributed by atoms with Crippen LogP contribution in [0.1, 0.15) is 12.5 Å². The Morgan fingerprint density at radius 1 is 1.21 bits per heavy atom. The molecule has 152 valence electrons. The summed E-state index contributed by atoms with van der Waals surface area (Å²) in [6.45, 7) is 2.41. The largest absolute Gasteiger partial charge is 0.495 e.